The van der Waals surface area contributed by atoms with Gasteiger partial charge in [-0.3, -0.25) is 4.72 Å². The lowest BCUT2D eigenvalue weighted by Crippen LogP contribution is -2.20. The number of carbonyl (C=O) groups is 1. The van der Waals surface area contributed by atoms with Crippen molar-refractivity contribution in [2.24, 2.45) is 5.73 Å². The van der Waals surface area contributed by atoms with Crippen molar-refractivity contribution in [1.29, 1.82) is 0 Å². The van der Waals surface area contributed by atoms with Crippen LogP contribution < -0.4 is 15.2 Å². The predicted molar refractivity (Wildman–Crippen MR) is 79.3 cm³/mol. The van der Waals surface area contributed by atoms with Gasteiger partial charge in [-0.2, -0.15) is 8.42 Å². The summed E-state index contributed by atoms with van der Waals surface area (Å²) in [6.07, 6.45) is 0.365. The van der Waals surface area contributed by atoms with Gasteiger partial charge in [-0.25, -0.2) is 19.2 Å². The molecule has 11 heteroatoms. The smallest absolute Gasteiger partial charge is 0.408 e. The molecule has 1 amide bonds. The summed E-state index contributed by atoms with van der Waals surface area (Å²) in [5, 5.41) is 0.686. The highest BCUT2D eigenvalue weighted by Crippen LogP contribution is 2.44. The standard InChI is InChI=1S/C12H11FN4O4S2/c13-7-3-8(21-12(14)18)10(6-1-2-6)16-11(7)23(19,20)17-9-4-22-5-15-9/h3-6,17H,1-2H2,(H2,14,18). The zero-order chi connectivity index (χ0) is 16.6. The quantitative estimate of drug-likeness (QED) is 0.840. The van der Waals surface area contributed by atoms with Crippen LogP contribution in [0.2, 0.25) is 0 Å². The zero-order valence-corrected chi connectivity index (χ0v) is 13.2. The van der Waals surface area contributed by atoms with Gasteiger partial charge in [0.2, 0.25) is 5.03 Å². The van der Waals surface area contributed by atoms with E-state index in [-0.39, 0.29) is 23.2 Å². The van der Waals surface area contributed by atoms with Crippen molar-refractivity contribution in [2.75, 3.05) is 4.72 Å². The van der Waals surface area contributed by atoms with Crippen molar-refractivity contribution in [3.8, 4) is 5.75 Å². The Bertz CT molecular complexity index is 850. The molecule has 8 nitrogen and oxygen atoms in total. The fourth-order valence-corrected chi connectivity index (χ4v) is 3.52. The summed E-state index contributed by atoms with van der Waals surface area (Å²) in [6, 6.07) is 0.807. The molecule has 0 aromatic carbocycles. The van der Waals surface area contributed by atoms with E-state index in [1.165, 1.54) is 22.2 Å². The number of nitrogens with one attached hydrogen (secondary N) is 1. The van der Waals surface area contributed by atoms with Crippen LogP contribution in [-0.2, 0) is 10.0 Å². The number of primary amides is 1. The van der Waals surface area contributed by atoms with Crippen molar-refractivity contribution >= 4 is 33.3 Å². The fraction of sp³-hybridized carbons (Fsp3) is 0.250. The molecular weight excluding hydrogens is 347 g/mol. The van der Waals surface area contributed by atoms with Crippen molar-refractivity contribution in [3.63, 3.8) is 0 Å². The van der Waals surface area contributed by atoms with Crippen molar-refractivity contribution in [1.82, 2.24) is 9.97 Å². The minimum Gasteiger partial charge on any atom is -0.408 e. The van der Waals surface area contributed by atoms with Crippen molar-refractivity contribution < 1.29 is 22.3 Å². The Morgan fingerprint density at radius 1 is 1.48 bits per heavy atom. The lowest BCUT2D eigenvalue weighted by molar-refractivity contribution is 0.210. The molecule has 1 saturated carbocycles. The average molecular weight is 358 g/mol. The summed E-state index contributed by atoms with van der Waals surface area (Å²) in [4.78, 5) is 18.5. The molecule has 3 rings (SSSR count). The van der Waals surface area contributed by atoms with E-state index >= 15 is 0 Å². The van der Waals surface area contributed by atoms with Crippen LogP contribution >= 0.6 is 11.3 Å². The maximum atomic E-state index is 14.2. The van der Waals surface area contributed by atoms with Gasteiger partial charge < -0.3 is 10.5 Å². The van der Waals surface area contributed by atoms with Crippen LogP contribution in [0.25, 0.3) is 0 Å². The third-order valence-corrected chi connectivity index (χ3v) is 4.90. The highest BCUT2D eigenvalue weighted by atomic mass is 32.2. The summed E-state index contributed by atoms with van der Waals surface area (Å²) in [5.74, 6) is -1.32. The number of nitrogens with zero attached hydrogens (tertiary/aromatic N) is 2. The van der Waals surface area contributed by atoms with E-state index in [1.54, 1.807) is 0 Å². The number of pyridine rings is 1. The second-order valence-corrected chi connectivity index (χ2v) is 7.15. The van der Waals surface area contributed by atoms with Crippen LogP contribution in [0.1, 0.15) is 24.5 Å². The van der Waals surface area contributed by atoms with Gasteiger partial charge in [0.15, 0.2) is 17.4 Å². The number of ether oxygens (including phenoxy) is 1. The summed E-state index contributed by atoms with van der Waals surface area (Å²) in [5.41, 5.74) is 6.56. The third-order valence-electron chi connectivity index (χ3n) is 3.04. The molecule has 3 N–H and O–H groups in total. The highest BCUT2D eigenvalue weighted by molar-refractivity contribution is 7.92. The van der Waals surface area contributed by atoms with Gasteiger partial charge in [0.05, 0.1) is 11.2 Å². The van der Waals surface area contributed by atoms with Crippen molar-refractivity contribution in [3.05, 3.63) is 28.5 Å². The SMILES string of the molecule is NC(=O)Oc1cc(F)c(S(=O)(=O)Nc2cscn2)nc1C1CC1. The fourth-order valence-electron chi connectivity index (χ4n) is 1.95. The first kappa shape index (κ1) is 15.6. The number of carbonyl (C=O) groups excluding carboxylic acids is 1. The largest absolute Gasteiger partial charge is 0.410 e. The molecule has 122 valence electrons. The Labute approximate surface area is 134 Å². The topological polar surface area (TPSA) is 124 Å². The molecule has 1 aliphatic carbocycles. The third kappa shape index (κ3) is 3.40. The Morgan fingerprint density at radius 2 is 2.22 bits per heavy atom. The van der Waals surface area contributed by atoms with Crippen LogP contribution in [-0.4, -0.2) is 24.5 Å². The number of nitrogens with two attached hydrogens (primary N) is 1. The van der Waals surface area contributed by atoms with E-state index in [2.05, 4.69) is 14.7 Å². The molecule has 1 fully saturated rings. The van der Waals surface area contributed by atoms with E-state index in [0.717, 1.165) is 18.9 Å². The van der Waals surface area contributed by atoms with Crippen LogP contribution in [0.3, 0.4) is 0 Å². The molecule has 0 atom stereocenters. The molecule has 0 radical (unpaired) electrons. The number of thiazole rings is 1. The number of sulfonamides is 1. The van der Waals surface area contributed by atoms with Gasteiger partial charge in [-0.05, 0) is 12.8 Å². The molecule has 23 heavy (non-hydrogen) atoms. The lowest BCUT2D eigenvalue weighted by atomic mass is 10.2. The van der Waals surface area contributed by atoms with Gasteiger partial charge in [0.25, 0.3) is 10.0 Å². The summed E-state index contributed by atoms with van der Waals surface area (Å²) in [6.45, 7) is 0. The second-order valence-electron chi connectivity index (χ2n) is 4.83. The monoisotopic (exact) mass is 358 g/mol. The first-order valence-electron chi connectivity index (χ1n) is 6.45. The summed E-state index contributed by atoms with van der Waals surface area (Å²) >= 11 is 1.18. The van der Waals surface area contributed by atoms with E-state index in [0.29, 0.717) is 0 Å². The number of anilines is 1. The first-order valence-corrected chi connectivity index (χ1v) is 8.88. The Hall–Kier alpha value is -2.27. The van der Waals surface area contributed by atoms with Gasteiger partial charge in [0.1, 0.15) is 0 Å². The van der Waals surface area contributed by atoms with E-state index in [9.17, 15) is 17.6 Å². The van der Waals surface area contributed by atoms with Crippen molar-refractivity contribution in [2.45, 2.75) is 23.8 Å². The van der Waals surface area contributed by atoms with Gasteiger partial charge in [-0.15, -0.1) is 11.3 Å². The zero-order valence-electron chi connectivity index (χ0n) is 11.5. The Kier molecular flexibility index (Phi) is 3.90. The molecule has 0 saturated heterocycles. The molecular formula is C12H11FN4O4S2. The molecule has 0 spiro atoms. The number of halogens is 1. The van der Waals surface area contributed by atoms with E-state index in [1.807, 2.05) is 0 Å². The maximum Gasteiger partial charge on any atom is 0.410 e. The minimum atomic E-state index is -4.25. The van der Waals surface area contributed by atoms with Crippen LogP contribution in [0, 0.1) is 5.82 Å². The number of hydrogen-bond acceptors (Lipinski definition) is 7. The number of rotatable bonds is 5. The summed E-state index contributed by atoms with van der Waals surface area (Å²) < 4.78 is 45.5. The van der Waals surface area contributed by atoms with Crippen LogP contribution in [0.4, 0.5) is 15.0 Å². The minimum absolute atomic E-state index is 0.0710. The lowest BCUT2D eigenvalue weighted by Gasteiger charge is -2.11. The average Bonchev–Trinajstić information content (AvgIpc) is 3.16. The number of hydrogen-bond donors (Lipinski definition) is 2. The molecule has 2 aromatic heterocycles. The van der Waals surface area contributed by atoms with E-state index in [4.69, 9.17) is 10.5 Å². The van der Waals surface area contributed by atoms with E-state index < -0.39 is 27.0 Å². The molecule has 1 aliphatic rings. The predicted octanol–water partition coefficient (Wildman–Crippen LogP) is 1.81. The Morgan fingerprint density at radius 3 is 2.78 bits per heavy atom. The van der Waals surface area contributed by atoms with Crippen LogP contribution in [0.15, 0.2) is 22.0 Å². The number of aromatic nitrogens is 2. The molecule has 2 aromatic rings. The molecule has 0 bridgehead atoms. The molecule has 0 aliphatic heterocycles. The van der Waals surface area contributed by atoms with Gasteiger partial charge in [-0.1, -0.05) is 0 Å². The normalized spacial score (nSPS) is 14.5. The first-order chi connectivity index (χ1) is 10.9. The number of amides is 1. The van der Waals surface area contributed by atoms with Gasteiger partial charge in [0, 0.05) is 17.4 Å². The van der Waals surface area contributed by atoms with Crippen LogP contribution in [0.5, 0.6) is 5.75 Å². The molecule has 2 heterocycles. The Balaban J connectivity index is 2.02. The highest BCUT2D eigenvalue weighted by Gasteiger charge is 2.33. The van der Waals surface area contributed by atoms with Gasteiger partial charge >= 0.3 is 6.09 Å². The molecule has 0 unspecified atom stereocenters. The summed E-state index contributed by atoms with van der Waals surface area (Å²) in [7, 11) is -4.25. The maximum absolute atomic E-state index is 14.2. The second kappa shape index (κ2) is 5.74.